The zero-order valence-electron chi connectivity index (χ0n) is 11.2. The summed E-state index contributed by atoms with van der Waals surface area (Å²) in [5.74, 6) is 0.543. The Balaban J connectivity index is 2.08. The molecular weight excluding hydrogens is 268 g/mol. The molecule has 0 saturated carbocycles. The molecule has 0 aliphatic carbocycles. The van der Waals surface area contributed by atoms with E-state index in [2.05, 4.69) is 79.9 Å². The molecule has 0 spiro atoms. The van der Waals surface area contributed by atoms with E-state index in [0.717, 1.165) is 0 Å². The highest BCUT2D eigenvalue weighted by Gasteiger charge is 2.05. The Kier molecular flexibility index (Phi) is 5.62. The van der Waals surface area contributed by atoms with Crippen LogP contribution in [0.1, 0.15) is 13.8 Å². The minimum atomic E-state index is 0.543. The molecule has 0 heterocycles. The van der Waals surface area contributed by atoms with Gasteiger partial charge in [0.2, 0.25) is 0 Å². The fraction of sp³-hybridized carbons (Fsp3) is 0.176. The van der Waals surface area contributed by atoms with Crippen molar-refractivity contribution < 1.29 is 0 Å². The van der Waals surface area contributed by atoms with Gasteiger partial charge in [0.1, 0.15) is 0 Å². The molecule has 0 N–H and O–H groups in total. The third-order valence-corrected chi connectivity index (χ3v) is 5.00. The number of allylic oxidation sites excluding steroid dienone is 1. The molecule has 0 bridgehead atoms. The molecule has 0 aromatic heterocycles. The van der Waals surface area contributed by atoms with E-state index in [1.54, 1.807) is 11.8 Å². The summed E-state index contributed by atoms with van der Waals surface area (Å²) in [6.45, 7) is 4.49. The molecule has 0 saturated heterocycles. The maximum absolute atomic E-state index is 2.28. The Morgan fingerprint density at radius 3 is 1.89 bits per heavy atom. The molecule has 0 aliphatic heterocycles. The highest BCUT2D eigenvalue weighted by atomic mass is 32.2. The minimum absolute atomic E-state index is 0.543. The highest BCUT2D eigenvalue weighted by molar-refractivity contribution is 8.06. The maximum atomic E-state index is 2.28. The number of hydrogen-bond acceptors (Lipinski definition) is 2. The van der Waals surface area contributed by atoms with E-state index in [1.807, 2.05) is 11.8 Å². The summed E-state index contributed by atoms with van der Waals surface area (Å²) in [7, 11) is 0. The van der Waals surface area contributed by atoms with E-state index in [9.17, 15) is 0 Å². The van der Waals surface area contributed by atoms with Gasteiger partial charge in [0.15, 0.2) is 0 Å². The number of benzene rings is 2. The quantitative estimate of drug-likeness (QED) is 0.612. The van der Waals surface area contributed by atoms with Crippen LogP contribution in [0.15, 0.2) is 80.8 Å². The summed E-state index contributed by atoms with van der Waals surface area (Å²) >= 11 is 3.65. The van der Waals surface area contributed by atoms with Crippen molar-refractivity contribution in [2.45, 2.75) is 23.6 Å². The normalized spacial score (nSPS) is 11.8. The van der Waals surface area contributed by atoms with Crippen LogP contribution in [-0.4, -0.2) is 0 Å². The van der Waals surface area contributed by atoms with Gasteiger partial charge >= 0.3 is 0 Å². The molecule has 0 amide bonds. The van der Waals surface area contributed by atoms with Crippen molar-refractivity contribution in [1.29, 1.82) is 0 Å². The molecular formula is C17H18S2. The Bertz CT molecular complexity index is 515. The van der Waals surface area contributed by atoms with Crippen molar-refractivity contribution in [2.75, 3.05) is 0 Å². The summed E-state index contributed by atoms with van der Waals surface area (Å²) in [5, 5.41) is 2.28. The van der Waals surface area contributed by atoms with Gasteiger partial charge in [-0.25, -0.2) is 0 Å². The van der Waals surface area contributed by atoms with E-state index in [-0.39, 0.29) is 0 Å². The zero-order valence-corrected chi connectivity index (χ0v) is 12.9. The fourth-order valence-corrected chi connectivity index (χ4v) is 3.50. The summed E-state index contributed by atoms with van der Waals surface area (Å²) in [6, 6.07) is 21.1. The van der Waals surface area contributed by atoms with Gasteiger partial charge in [-0.3, -0.25) is 0 Å². The van der Waals surface area contributed by atoms with Crippen LogP contribution < -0.4 is 0 Å². The Labute approximate surface area is 124 Å². The van der Waals surface area contributed by atoms with Crippen LogP contribution >= 0.6 is 23.5 Å². The van der Waals surface area contributed by atoms with Gasteiger partial charge < -0.3 is 0 Å². The van der Waals surface area contributed by atoms with E-state index < -0.39 is 0 Å². The van der Waals surface area contributed by atoms with Crippen molar-refractivity contribution in [1.82, 2.24) is 0 Å². The second-order valence-corrected chi connectivity index (χ2v) is 6.61. The first kappa shape index (κ1) is 14.3. The monoisotopic (exact) mass is 286 g/mol. The molecule has 2 rings (SSSR count). The summed E-state index contributed by atoms with van der Waals surface area (Å²) in [5.41, 5.74) is 0. The number of rotatable bonds is 5. The molecule has 0 fully saturated rings. The van der Waals surface area contributed by atoms with Crippen molar-refractivity contribution in [3.05, 3.63) is 71.0 Å². The van der Waals surface area contributed by atoms with Crippen LogP contribution in [0.3, 0.4) is 0 Å². The Hall–Kier alpha value is -1.12. The zero-order chi connectivity index (χ0) is 13.5. The first-order valence-electron chi connectivity index (χ1n) is 6.40. The Morgan fingerprint density at radius 2 is 1.37 bits per heavy atom. The predicted octanol–water partition coefficient (Wildman–Crippen LogP) is 6.07. The van der Waals surface area contributed by atoms with Crippen LogP contribution in [0.2, 0.25) is 0 Å². The molecule has 98 valence electrons. The SMILES string of the molecule is CC(C)/C(=C\Sc1ccccc1)Sc1ccccc1. The van der Waals surface area contributed by atoms with Gasteiger partial charge in [0.05, 0.1) is 0 Å². The van der Waals surface area contributed by atoms with Crippen LogP contribution in [-0.2, 0) is 0 Å². The lowest BCUT2D eigenvalue weighted by Gasteiger charge is -2.10. The molecule has 0 unspecified atom stereocenters. The molecule has 2 heteroatoms. The largest absolute Gasteiger partial charge is 0.0972 e. The standard InChI is InChI=1S/C17H18S2/c1-14(2)17(19-16-11-7-4-8-12-16)13-18-15-9-5-3-6-10-15/h3-14H,1-2H3/b17-13+. The van der Waals surface area contributed by atoms with Crippen LogP contribution in [0.5, 0.6) is 0 Å². The third-order valence-electron chi connectivity index (χ3n) is 2.60. The summed E-state index contributed by atoms with van der Waals surface area (Å²) in [6.07, 6.45) is 0. The first-order valence-corrected chi connectivity index (χ1v) is 8.10. The van der Waals surface area contributed by atoms with Gasteiger partial charge in [-0.05, 0) is 40.5 Å². The van der Waals surface area contributed by atoms with Crippen LogP contribution in [0, 0.1) is 5.92 Å². The smallest absolute Gasteiger partial charge is 0.0119 e. The van der Waals surface area contributed by atoms with E-state index in [0.29, 0.717) is 5.92 Å². The van der Waals surface area contributed by atoms with Gasteiger partial charge in [-0.2, -0.15) is 0 Å². The first-order chi connectivity index (χ1) is 9.25. The molecule has 0 aliphatic rings. The molecule has 0 atom stereocenters. The summed E-state index contributed by atoms with van der Waals surface area (Å²) < 4.78 is 0. The topological polar surface area (TPSA) is 0 Å². The third kappa shape index (κ3) is 4.81. The van der Waals surface area contributed by atoms with Crippen molar-refractivity contribution in [2.24, 2.45) is 5.92 Å². The van der Waals surface area contributed by atoms with E-state index >= 15 is 0 Å². The Morgan fingerprint density at radius 1 is 0.842 bits per heavy atom. The van der Waals surface area contributed by atoms with Gasteiger partial charge in [-0.1, -0.05) is 73.8 Å². The number of hydrogen-bond donors (Lipinski definition) is 0. The van der Waals surface area contributed by atoms with E-state index in [1.165, 1.54) is 14.7 Å². The second kappa shape index (κ2) is 7.46. The minimum Gasteiger partial charge on any atom is -0.0972 e. The van der Waals surface area contributed by atoms with Crippen LogP contribution in [0.4, 0.5) is 0 Å². The van der Waals surface area contributed by atoms with Crippen molar-refractivity contribution in [3.63, 3.8) is 0 Å². The summed E-state index contributed by atoms with van der Waals surface area (Å²) in [4.78, 5) is 3.99. The van der Waals surface area contributed by atoms with E-state index in [4.69, 9.17) is 0 Å². The predicted molar refractivity (Wildman–Crippen MR) is 87.5 cm³/mol. The van der Waals surface area contributed by atoms with Gasteiger partial charge in [0, 0.05) is 9.79 Å². The van der Waals surface area contributed by atoms with Crippen LogP contribution in [0.25, 0.3) is 0 Å². The average molecular weight is 286 g/mol. The molecule has 0 nitrogen and oxygen atoms in total. The second-order valence-electron chi connectivity index (χ2n) is 4.52. The average Bonchev–Trinajstić information content (AvgIpc) is 2.45. The molecule has 2 aromatic carbocycles. The number of thioether (sulfide) groups is 2. The lowest BCUT2D eigenvalue weighted by atomic mass is 10.2. The van der Waals surface area contributed by atoms with Gasteiger partial charge in [0.25, 0.3) is 0 Å². The van der Waals surface area contributed by atoms with Gasteiger partial charge in [-0.15, -0.1) is 0 Å². The lowest BCUT2D eigenvalue weighted by molar-refractivity contribution is 0.818. The molecule has 19 heavy (non-hydrogen) atoms. The maximum Gasteiger partial charge on any atom is 0.0119 e. The molecule has 2 aromatic rings. The highest BCUT2D eigenvalue weighted by Crippen LogP contribution is 2.34. The molecule has 0 radical (unpaired) electrons. The van der Waals surface area contributed by atoms with Crippen molar-refractivity contribution in [3.8, 4) is 0 Å². The van der Waals surface area contributed by atoms with Crippen molar-refractivity contribution >= 4 is 23.5 Å². The fourth-order valence-electron chi connectivity index (χ4n) is 1.53. The lowest BCUT2D eigenvalue weighted by Crippen LogP contribution is -1.88.